The Bertz CT molecular complexity index is 312. The molecule has 0 aliphatic carbocycles. The van der Waals surface area contributed by atoms with Gasteiger partial charge in [-0.05, 0) is 0 Å². The third kappa shape index (κ3) is 12.1. The van der Waals surface area contributed by atoms with Crippen molar-refractivity contribution < 1.29 is 27.5 Å². The summed E-state index contributed by atoms with van der Waals surface area (Å²) in [6.07, 6.45) is 4.48. The molecule has 0 radical (unpaired) electrons. The molecule has 7 heteroatoms. The number of esters is 1. The first kappa shape index (κ1) is 24.3. The highest BCUT2D eigenvalue weighted by Crippen LogP contribution is 2.16. The maximum atomic E-state index is 11.2. The number of hydrogen-bond donors (Lipinski definition) is 0. The molecule has 0 saturated heterocycles. The summed E-state index contributed by atoms with van der Waals surface area (Å²) in [4.78, 5) is 11.2. The topological polar surface area (TPSA) is 63.2 Å². The number of allylic oxidation sites excluding steroid dienone is 2. The van der Waals surface area contributed by atoms with Crippen molar-refractivity contribution in [1.29, 1.82) is 0 Å². The van der Waals surface area contributed by atoms with Crippen molar-refractivity contribution in [3.05, 3.63) is 25.3 Å². The van der Waals surface area contributed by atoms with E-state index < -0.39 is 15.1 Å². The van der Waals surface area contributed by atoms with E-state index >= 15 is 0 Å². The van der Waals surface area contributed by atoms with E-state index in [4.69, 9.17) is 22.8 Å². The summed E-state index contributed by atoms with van der Waals surface area (Å²) in [6, 6.07) is 0.717. The zero-order valence-corrected chi connectivity index (χ0v) is 16.1. The average Bonchev–Trinajstić information content (AvgIpc) is 2.59. The van der Waals surface area contributed by atoms with E-state index in [0.717, 1.165) is 12.5 Å². The zero-order valence-electron chi connectivity index (χ0n) is 15.1. The fourth-order valence-electron chi connectivity index (χ4n) is 1.45. The van der Waals surface area contributed by atoms with E-state index in [0.29, 0.717) is 12.8 Å². The summed E-state index contributed by atoms with van der Waals surface area (Å²) < 4.78 is 26.8. The van der Waals surface area contributed by atoms with Crippen LogP contribution in [0.5, 0.6) is 0 Å². The quantitative estimate of drug-likeness (QED) is 0.232. The van der Waals surface area contributed by atoms with Gasteiger partial charge in [0.1, 0.15) is 6.79 Å². The van der Waals surface area contributed by atoms with Crippen molar-refractivity contribution >= 4 is 14.8 Å². The molecule has 0 saturated carbocycles. The van der Waals surface area contributed by atoms with Crippen LogP contribution in [0, 0.1) is 0 Å². The lowest BCUT2D eigenvalue weighted by atomic mass is 10.4. The van der Waals surface area contributed by atoms with E-state index in [1.54, 1.807) is 33.3 Å². The van der Waals surface area contributed by atoms with Gasteiger partial charge in [-0.1, -0.05) is 52.5 Å². The van der Waals surface area contributed by atoms with Crippen LogP contribution in [-0.4, -0.2) is 42.1 Å². The molecule has 0 bridgehead atoms. The van der Waals surface area contributed by atoms with Crippen LogP contribution in [0.4, 0.5) is 0 Å². The molecule has 1 atom stereocenters. The van der Waals surface area contributed by atoms with Gasteiger partial charge in [0, 0.05) is 33.1 Å². The third-order valence-corrected chi connectivity index (χ3v) is 5.68. The van der Waals surface area contributed by atoms with Gasteiger partial charge in [-0.2, -0.15) is 0 Å². The summed E-state index contributed by atoms with van der Waals surface area (Å²) in [5, 5.41) is 0. The van der Waals surface area contributed by atoms with Gasteiger partial charge >= 0.3 is 14.8 Å². The molecule has 0 aromatic heterocycles. The molecule has 0 rings (SSSR count). The highest BCUT2D eigenvalue weighted by atomic mass is 28.4. The van der Waals surface area contributed by atoms with Gasteiger partial charge in [-0.25, -0.2) is 0 Å². The summed E-state index contributed by atoms with van der Waals surface area (Å²) in [6.45, 7) is 12.4. The van der Waals surface area contributed by atoms with Crippen molar-refractivity contribution in [2.75, 3.05) is 21.0 Å². The lowest BCUT2D eigenvalue weighted by molar-refractivity contribution is -0.196. The Kier molecular flexibility index (Phi) is 16.8. The molecule has 23 heavy (non-hydrogen) atoms. The summed E-state index contributed by atoms with van der Waals surface area (Å²) >= 11 is 0. The van der Waals surface area contributed by atoms with Crippen LogP contribution in [0.2, 0.25) is 6.04 Å². The fourth-order valence-corrected chi connectivity index (χ4v) is 3.26. The predicted octanol–water partition coefficient (Wildman–Crippen LogP) is 3.67. The Hall–Kier alpha value is -0.993. The van der Waals surface area contributed by atoms with Gasteiger partial charge in [-0.15, -0.1) is 0 Å². The Labute approximate surface area is 141 Å². The molecule has 6 nitrogen and oxygen atoms in total. The molecule has 1 unspecified atom stereocenters. The lowest BCUT2D eigenvalue weighted by Crippen LogP contribution is -2.44. The first-order chi connectivity index (χ1) is 11.0. The van der Waals surface area contributed by atoms with Crippen LogP contribution in [0.3, 0.4) is 0 Å². The number of ether oxygens (including phenoxy) is 2. The highest BCUT2D eigenvalue weighted by Gasteiger charge is 2.38. The van der Waals surface area contributed by atoms with Crippen molar-refractivity contribution in [1.82, 2.24) is 0 Å². The van der Waals surface area contributed by atoms with E-state index in [-0.39, 0.29) is 12.8 Å². The standard InChI is InChI=1S/C12H26O6Si.C4H6/c1-6-9-19(14-4,15-5)17-10-16-12(8-3)18-11(13)7-2;1-3-4-2/h12H,6-10H2,1-5H3;3-4H,1-2H2. The molecule has 0 aliphatic rings. The molecule has 0 aromatic rings. The van der Waals surface area contributed by atoms with Gasteiger partial charge in [0.15, 0.2) is 0 Å². The maximum Gasteiger partial charge on any atom is 0.502 e. The Morgan fingerprint density at radius 2 is 1.70 bits per heavy atom. The smallest absolute Gasteiger partial charge is 0.436 e. The summed E-state index contributed by atoms with van der Waals surface area (Å²) in [5.74, 6) is -0.289. The van der Waals surface area contributed by atoms with Gasteiger partial charge < -0.3 is 22.8 Å². The van der Waals surface area contributed by atoms with Crippen molar-refractivity contribution in [3.63, 3.8) is 0 Å². The van der Waals surface area contributed by atoms with Crippen LogP contribution < -0.4 is 0 Å². The molecule has 0 aliphatic heterocycles. The van der Waals surface area contributed by atoms with E-state index in [1.165, 1.54) is 0 Å². The molecule has 0 amide bonds. The minimum atomic E-state index is -2.64. The molecule has 0 fully saturated rings. The van der Waals surface area contributed by atoms with Gasteiger partial charge in [0.2, 0.25) is 6.29 Å². The normalized spacial score (nSPS) is 11.9. The highest BCUT2D eigenvalue weighted by molar-refractivity contribution is 6.60. The molecule has 0 heterocycles. The van der Waals surface area contributed by atoms with Crippen LogP contribution in [0.25, 0.3) is 0 Å². The fraction of sp³-hybridized carbons (Fsp3) is 0.688. The predicted molar refractivity (Wildman–Crippen MR) is 92.8 cm³/mol. The second-order valence-electron chi connectivity index (χ2n) is 4.42. The van der Waals surface area contributed by atoms with Crippen molar-refractivity contribution in [2.24, 2.45) is 0 Å². The van der Waals surface area contributed by atoms with Crippen LogP contribution >= 0.6 is 0 Å². The van der Waals surface area contributed by atoms with Gasteiger partial charge in [-0.3, -0.25) is 4.79 Å². The van der Waals surface area contributed by atoms with Crippen molar-refractivity contribution in [3.8, 4) is 0 Å². The average molecular weight is 349 g/mol. The van der Waals surface area contributed by atoms with Gasteiger partial charge in [0.05, 0.1) is 0 Å². The zero-order chi connectivity index (χ0) is 18.1. The van der Waals surface area contributed by atoms with Crippen LogP contribution in [-0.2, 0) is 27.5 Å². The second-order valence-corrected chi connectivity index (χ2v) is 7.39. The number of carbonyl (C=O) groups is 1. The minimum Gasteiger partial charge on any atom is -0.436 e. The summed E-state index contributed by atoms with van der Waals surface area (Å²) in [5.41, 5.74) is 0. The van der Waals surface area contributed by atoms with E-state index in [1.807, 2.05) is 13.8 Å². The van der Waals surface area contributed by atoms with Crippen LogP contribution in [0.1, 0.15) is 40.0 Å². The van der Waals surface area contributed by atoms with Crippen molar-refractivity contribution in [2.45, 2.75) is 52.4 Å². The molecule has 0 aromatic carbocycles. The number of carbonyl (C=O) groups excluding carboxylic acids is 1. The third-order valence-electron chi connectivity index (χ3n) is 2.76. The first-order valence-corrected chi connectivity index (χ1v) is 9.70. The number of hydrogen-bond acceptors (Lipinski definition) is 6. The Balaban J connectivity index is 0. The molecular formula is C16H32O6Si. The molecule has 136 valence electrons. The Morgan fingerprint density at radius 3 is 2.04 bits per heavy atom. The SMILES string of the molecule is C=CC=C.CCC[Si](OC)(OC)OCOC(CC)OC(=O)CC. The molecule has 0 spiro atoms. The maximum absolute atomic E-state index is 11.2. The van der Waals surface area contributed by atoms with Gasteiger partial charge in [0.25, 0.3) is 0 Å². The first-order valence-electron chi connectivity index (χ1n) is 7.77. The molecular weight excluding hydrogens is 316 g/mol. The van der Waals surface area contributed by atoms with E-state index in [9.17, 15) is 4.79 Å². The Morgan fingerprint density at radius 1 is 1.13 bits per heavy atom. The second kappa shape index (κ2) is 15.9. The van der Waals surface area contributed by atoms with E-state index in [2.05, 4.69) is 13.2 Å². The molecule has 0 N–H and O–H groups in total. The van der Waals surface area contributed by atoms with Crippen LogP contribution in [0.15, 0.2) is 25.3 Å². The minimum absolute atomic E-state index is 0.0105. The lowest BCUT2D eigenvalue weighted by Gasteiger charge is -2.26. The number of rotatable bonds is 12. The monoisotopic (exact) mass is 348 g/mol. The largest absolute Gasteiger partial charge is 0.502 e. The summed E-state index contributed by atoms with van der Waals surface area (Å²) in [7, 11) is 0.502.